The minimum atomic E-state index is -3.27. The van der Waals surface area contributed by atoms with Gasteiger partial charge >= 0.3 is 12.1 Å². The average Bonchev–Trinajstić information content (AvgIpc) is 2.61. The molecule has 2 fully saturated rings. The SMILES string of the molecule is COC(=O)C1(NC(=O)OCc2ccccc2)CC2CCCC(C1)S2(=O)=O. The minimum absolute atomic E-state index is 0.0267. The van der Waals surface area contributed by atoms with Gasteiger partial charge in [0.15, 0.2) is 9.84 Å². The molecule has 0 aliphatic carbocycles. The third-order valence-corrected chi connectivity index (χ3v) is 7.93. The molecule has 1 amide bonds. The van der Waals surface area contributed by atoms with Crippen molar-refractivity contribution < 1.29 is 27.5 Å². The van der Waals surface area contributed by atoms with E-state index in [0.717, 1.165) is 12.0 Å². The van der Waals surface area contributed by atoms with Crippen molar-refractivity contribution in [1.82, 2.24) is 5.32 Å². The van der Waals surface area contributed by atoms with Crippen molar-refractivity contribution in [2.24, 2.45) is 0 Å². The van der Waals surface area contributed by atoms with E-state index in [-0.39, 0.29) is 19.4 Å². The summed E-state index contributed by atoms with van der Waals surface area (Å²) in [5.41, 5.74) is -0.540. The second-order valence-electron chi connectivity index (χ2n) is 6.93. The molecule has 7 nitrogen and oxygen atoms in total. The summed E-state index contributed by atoms with van der Waals surface area (Å²) in [6.45, 7) is 0.0646. The summed E-state index contributed by atoms with van der Waals surface area (Å²) in [7, 11) is -2.03. The zero-order chi connectivity index (χ0) is 18.8. The lowest BCUT2D eigenvalue weighted by Gasteiger charge is -2.44. The van der Waals surface area contributed by atoms with Crippen molar-refractivity contribution in [2.75, 3.05) is 7.11 Å². The Balaban J connectivity index is 1.74. The first-order valence-electron chi connectivity index (χ1n) is 8.67. The maximum absolute atomic E-state index is 12.5. The van der Waals surface area contributed by atoms with Crippen LogP contribution in [-0.4, -0.2) is 43.6 Å². The van der Waals surface area contributed by atoms with E-state index in [1.807, 2.05) is 30.3 Å². The molecular formula is C18H23NO6S. The number of methoxy groups -OCH3 is 1. The van der Waals surface area contributed by atoms with Gasteiger partial charge in [-0.3, -0.25) is 0 Å². The molecule has 2 atom stereocenters. The number of nitrogens with one attached hydrogen (secondary N) is 1. The molecule has 2 bridgehead atoms. The minimum Gasteiger partial charge on any atom is -0.467 e. The van der Waals surface area contributed by atoms with Crippen LogP contribution < -0.4 is 5.32 Å². The number of carbonyl (C=O) groups excluding carboxylic acids is 2. The van der Waals surface area contributed by atoms with Crippen LogP contribution in [0.15, 0.2) is 30.3 Å². The van der Waals surface area contributed by atoms with Gasteiger partial charge in [0.05, 0.1) is 17.6 Å². The smallest absolute Gasteiger partial charge is 0.408 e. The molecule has 8 heteroatoms. The molecule has 2 saturated heterocycles. The van der Waals surface area contributed by atoms with Crippen molar-refractivity contribution in [2.45, 2.75) is 54.7 Å². The lowest BCUT2D eigenvalue weighted by Crippen LogP contribution is -2.64. The highest BCUT2D eigenvalue weighted by molar-refractivity contribution is 7.92. The Bertz CT molecular complexity index is 756. The summed E-state index contributed by atoms with van der Waals surface area (Å²) >= 11 is 0. The second-order valence-corrected chi connectivity index (χ2v) is 9.44. The quantitative estimate of drug-likeness (QED) is 0.801. The lowest BCUT2D eigenvalue weighted by atomic mass is 9.82. The van der Waals surface area contributed by atoms with Gasteiger partial charge in [-0.2, -0.15) is 0 Å². The van der Waals surface area contributed by atoms with Crippen LogP contribution in [0, 0.1) is 0 Å². The number of carbonyl (C=O) groups is 2. The first kappa shape index (κ1) is 18.7. The number of rotatable bonds is 4. The zero-order valence-corrected chi connectivity index (χ0v) is 15.5. The highest BCUT2D eigenvalue weighted by Gasteiger charge is 2.56. The summed E-state index contributed by atoms with van der Waals surface area (Å²) in [4.78, 5) is 24.8. The first-order chi connectivity index (χ1) is 12.4. The number of alkyl carbamates (subject to hydrolysis) is 1. The fourth-order valence-corrected chi connectivity index (χ4v) is 6.51. The summed E-state index contributed by atoms with van der Waals surface area (Å²) in [6.07, 6.45) is 1.11. The molecule has 0 saturated carbocycles. The molecule has 142 valence electrons. The van der Waals surface area contributed by atoms with Crippen LogP contribution in [-0.2, 0) is 30.7 Å². The van der Waals surface area contributed by atoms with Crippen LogP contribution in [0.5, 0.6) is 0 Å². The molecule has 2 aliphatic heterocycles. The Kier molecular flexibility index (Phi) is 5.22. The van der Waals surface area contributed by atoms with Gasteiger partial charge < -0.3 is 14.8 Å². The normalized spacial score (nSPS) is 29.4. The Labute approximate surface area is 153 Å². The number of esters is 1. The number of sulfone groups is 1. The van der Waals surface area contributed by atoms with Crippen LogP contribution in [0.3, 0.4) is 0 Å². The highest BCUT2D eigenvalue weighted by Crippen LogP contribution is 2.42. The van der Waals surface area contributed by atoms with E-state index in [1.165, 1.54) is 7.11 Å². The molecule has 2 unspecified atom stereocenters. The van der Waals surface area contributed by atoms with Gasteiger partial charge in [0.25, 0.3) is 0 Å². The number of hydrogen-bond donors (Lipinski definition) is 1. The van der Waals surface area contributed by atoms with Gasteiger partial charge in [0.2, 0.25) is 0 Å². The standard InChI is InChI=1S/C18H23NO6S/c1-24-16(20)18(10-14-8-5-9-15(11-18)26(14,22)23)19-17(21)25-12-13-6-3-2-4-7-13/h2-4,6-7,14-15H,5,8-12H2,1H3,(H,19,21). The van der Waals surface area contributed by atoms with Crippen LogP contribution in [0.1, 0.15) is 37.7 Å². The van der Waals surface area contributed by atoms with Crippen molar-refractivity contribution >= 4 is 21.9 Å². The topological polar surface area (TPSA) is 98.8 Å². The van der Waals surface area contributed by atoms with Crippen LogP contribution in [0.2, 0.25) is 0 Å². The van der Waals surface area contributed by atoms with E-state index in [9.17, 15) is 18.0 Å². The predicted octanol–water partition coefficient (Wildman–Crippen LogP) is 1.95. The monoisotopic (exact) mass is 381 g/mol. The predicted molar refractivity (Wildman–Crippen MR) is 94.1 cm³/mol. The van der Waals surface area contributed by atoms with Crippen molar-refractivity contribution in [3.8, 4) is 0 Å². The number of hydrogen-bond acceptors (Lipinski definition) is 6. The Morgan fingerprint density at radius 3 is 2.35 bits per heavy atom. The summed E-state index contributed by atoms with van der Waals surface area (Å²) in [5, 5.41) is 1.35. The van der Waals surface area contributed by atoms with E-state index in [4.69, 9.17) is 9.47 Å². The molecule has 3 rings (SSSR count). The van der Waals surface area contributed by atoms with E-state index in [0.29, 0.717) is 12.8 Å². The molecule has 0 radical (unpaired) electrons. The Morgan fingerprint density at radius 1 is 1.15 bits per heavy atom. The van der Waals surface area contributed by atoms with Gasteiger partial charge in [-0.1, -0.05) is 36.8 Å². The van der Waals surface area contributed by atoms with Crippen LogP contribution in [0.4, 0.5) is 4.79 Å². The number of benzene rings is 1. The van der Waals surface area contributed by atoms with Crippen LogP contribution in [0.25, 0.3) is 0 Å². The number of ether oxygens (including phenoxy) is 2. The second kappa shape index (κ2) is 7.26. The maximum atomic E-state index is 12.5. The zero-order valence-electron chi connectivity index (χ0n) is 14.6. The Hall–Kier alpha value is -2.09. The van der Waals surface area contributed by atoms with Crippen LogP contribution >= 0.6 is 0 Å². The number of fused-ring (bicyclic) bond motifs is 2. The van der Waals surface area contributed by atoms with Crippen molar-refractivity contribution in [1.29, 1.82) is 0 Å². The van der Waals surface area contributed by atoms with Gasteiger partial charge in [-0.25, -0.2) is 18.0 Å². The van der Waals surface area contributed by atoms with Gasteiger partial charge in [-0.05, 0) is 31.2 Å². The fraction of sp³-hybridized carbons (Fsp3) is 0.556. The lowest BCUT2D eigenvalue weighted by molar-refractivity contribution is -0.149. The van der Waals surface area contributed by atoms with Gasteiger partial charge in [-0.15, -0.1) is 0 Å². The van der Waals surface area contributed by atoms with E-state index < -0.39 is 37.9 Å². The van der Waals surface area contributed by atoms with E-state index >= 15 is 0 Å². The van der Waals surface area contributed by atoms with E-state index in [2.05, 4.69) is 5.32 Å². The molecule has 1 aromatic rings. The molecule has 2 aliphatic rings. The molecule has 26 heavy (non-hydrogen) atoms. The van der Waals surface area contributed by atoms with Crippen molar-refractivity contribution in [3.63, 3.8) is 0 Å². The van der Waals surface area contributed by atoms with Crippen molar-refractivity contribution in [3.05, 3.63) is 35.9 Å². The highest BCUT2D eigenvalue weighted by atomic mass is 32.2. The molecule has 1 N–H and O–H groups in total. The molecule has 2 heterocycles. The Morgan fingerprint density at radius 2 is 1.77 bits per heavy atom. The van der Waals surface area contributed by atoms with E-state index in [1.54, 1.807) is 0 Å². The maximum Gasteiger partial charge on any atom is 0.408 e. The third kappa shape index (κ3) is 3.56. The molecule has 0 spiro atoms. The summed E-state index contributed by atoms with van der Waals surface area (Å²) < 4.78 is 35.1. The largest absolute Gasteiger partial charge is 0.467 e. The average molecular weight is 381 g/mol. The van der Waals surface area contributed by atoms with Gasteiger partial charge in [0.1, 0.15) is 12.1 Å². The summed E-state index contributed by atoms with van der Waals surface area (Å²) in [5.74, 6) is -0.624. The first-order valence-corrected chi connectivity index (χ1v) is 10.3. The summed E-state index contributed by atoms with van der Waals surface area (Å²) in [6, 6.07) is 9.17. The fourth-order valence-electron chi connectivity index (χ4n) is 3.94. The molecule has 0 aromatic heterocycles. The number of amides is 1. The molecule has 1 aromatic carbocycles. The van der Waals surface area contributed by atoms with Gasteiger partial charge in [0, 0.05) is 0 Å². The third-order valence-electron chi connectivity index (χ3n) is 5.26. The molecular weight excluding hydrogens is 358 g/mol.